The summed E-state index contributed by atoms with van der Waals surface area (Å²) in [7, 11) is -3.41. The van der Waals surface area contributed by atoms with Gasteiger partial charge in [-0.25, -0.2) is 13.2 Å². The predicted octanol–water partition coefficient (Wildman–Crippen LogP) is 1.41. The van der Waals surface area contributed by atoms with Crippen LogP contribution in [0.2, 0.25) is 5.02 Å². The molecule has 0 aliphatic heterocycles. The number of hydrogen-bond donors (Lipinski definition) is 2. The molecule has 0 aromatic heterocycles. The lowest BCUT2D eigenvalue weighted by atomic mass is 10.2. The van der Waals surface area contributed by atoms with E-state index >= 15 is 0 Å². The number of anilines is 1. The third kappa shape index (κ3) is 3.41. The molecule has 7 heteroatoms. The lowest BCUT2D eigenvalue weighted by molar-refractivity contribution is 0.0697. The molecule has 5 nitrogen and oxygen atoms in total. The smallest absolute Gasteiger partial charge is 0.335 e. The van der Waals surface area contributed by atoms with Gasteiger partial charge in [0.2, 0.25) is 10.0 Å². The molecule has 1 aromatic rings. The topological polar surface area (TPSA) is 83.5 Å². The molecule has 82 valence electrons. The summed E-state index contributed by atoms with van der Waals surface area (Å²) >= 11 is 5.69. The van der Waals surface area contributed by atoms with E-state index in [2.05, 4.69) is 4.72 Å². The van der Waals surface area contributed by atoms with Gasteiger partial charge in [-0.2, -0.15) is 0 Å². The first-order valence-corrected chi connectivity index (χ1v) is 6.07. The molecule has 1 rings (SSSR count). The van der Waals surface area contributed by atoms with Crippen LogP contribution in [0.15, 0.2) is 18.2 Å². The Hall–Kier alpha value is -1.27. The van der Waals surface area contributed by atoms with E-state index in [0.29, 0.717) is 0 Å². The molecule has 0 amide bonds. The highest BCUT2D eigenvalue weighted by atomic mass is 35.5. The van der Waals surface area contributed by atoms with Crippen LogP contribution in [-0.2, 0) is 10.0 Å². The summed E-state index contributed by atoms with van der Waals surface area (Å²) < 4.78 is 23.9. The van der Waals surface area contributed by atoms with Crippen LogP contribution in [0, 0.1) is 0 Å². The Morgan fingerprint density at radius 1 is 1.47 bits per heavy atom. The number of aromatic carboxylic acids is 1. The van der Waals surface area contributed by atoms with Crippen molar-refractivity contribution in [1.29, 1.82) is 0 Å². The Labute approximate surface area is 91.7 Å². The molecule has 0 saturated heterocycles. The standard InChI is InChI=1S/C8H8ClNO4S/c1-15(13,14)10-7-3-2-5(8(11)12)4-6(7)9/h2-4,10H,1H3,(H,11,12). The summed E-state index contributed by atoms with van der Waals surface area (Å²) in [6.45, 7) is 0. The molecule has 0 spiro atoms. The minimum atomic E-state index is -3.41. The fourth-order valence-corrected chi connectivity index (χ4v) is 1.79. The summed E-state index contributed by atoms with van der Waals surface area (Å²) in [5.41, 5.74) is 0.156. The first-order valence-electron chi connectivity index (χ1n) is 3.80. The van der Waals surface area contributed by atoms with Gasteiger partial charge in [0.15, 0.2) is 0 Å². The fraction of sp³-hybridized carbons (Fsp3) is 0.125. The maximum Gasteiger partial charge on any atom is 0.335 e. The molecule has 0 unspecified atom stereocenters. The molecule has 2 N–H and O–H groups in total. The van der Waals surface area contributed by atoms with Gasteiger partial charge in [-0.1, -0.05) is 11.6 Å². The van der Waals surface area contributed by atoms with Gasteiger partial charge in [0.1, 0.15) is 0 Å². The third-order valence-electron chi connectivity index (χ3n) is 1.51. The average molecular weight is 250 g/mol. The maximum absolute atomic E-state index is 10.9. The van der Waals surface area contributed by atoms with Crippen molar-refractivity contribution < 1.29 is 18.3 Å². The van der Waals surface area contributed by atoms with Crippen molar-refractivity contribution in [3.05, 3.63) is 28.8 Å². The first-order chi connectivity index (χ1) is 6.79. The number of benzene rings is 1. The van der Waals surface area contributed by atoms with Gasteiger partial charge in [0, 0.05) is 0 Å². The van der Waals surface area contributed by atoms with Crippen molar-refractivity contribution >= 4 is 33.3 Å². The highest BCUT2D eigenvalue weighted by molar-refractivity contribution is 7.92. The van der Waals surface area contributed by atoms with Gasteiger partial charge in [-0.3, -0.25) is 4.72 Å². The number of halogens is 1. The maximum atomic E-state index is 10.9. The Morgan fingerprint density at radius 3 is 2.47 bits per heavy atom. The summed E-state index contributed by atoms with van der Waals surface area (Å²) in [5.74, 6) is -1.12. The van der Waals surface area contributed by atoms with Crippen molar-refractivity contribution in [3.8, 4) is 0 Å². The summed E-state index contributed by atoms with van der Waals surface area (Å²) in [6, 6.07) is 3.74. The average Bonchev–Trinajstić information content (AvgIpc) is 2.05. The van der Waals surface area contributed by atoms with E-state index in [4.69, 9.17) is 16.7 Å². The Bertz CT molecular complexity index is 497. The molecule has 0 fully saturated rings. The third-order valence-corrected chi connectivity index (χ3v) is 2.41. The number of hydrogen-bond acceptors (Lipinski definition) is 3. The number of carbonyl (C=O) groups is 1. The van der Waals surface area contributed by atoms with E-state index in [1.165, 1.54) is 18.2 Å². The number of rotatable bonds is 3. The highest BCUT2D eigenvalue weighted by Gasteiger charge is 2.09. The monoisotopic (exact) mass is 249 g/mol. The molecule has 0 atom stereocenters. The highest BCUT2D eigenvalue weighted by Crippen LogP contribution is 2.23. The van der Waals surface area contributed by atoms with Crippen molar-refractivity contribution in [2.24, 2.45) is 0 Å². The van der Waals surface area contributed by atoms with Gasteiger partial charge in [0.05, 0.1) is 22.5 Å². The van der Waals surface area contributed by atoms with Gasteiger partial charge in [0.25, 0.3) is 0 Å². The minimum Gasteiger partial charge on any atom is -0.478 e. The second-order valence-corrected chi connectivity index (χ2v) is 5.03. The lowest BCUT2D eigenvalue weighted by Gasteiger charge is -2.06. The van der Waals surface area contributed by atoms with Crippen molar-refractivity contribution in [2.75, 3.05) is 11.0 Å². The Morgan fingerprint density at radius 2 is 2.07 bits per heavy atom. The van der Waals surface area contributed by atoms with E-state index in [1.54, 1.807) is 0 Å². The summed E-state index contributed by atoms with van der Waals surface area (Å²) in [5, 5.41) is 8.68. The summed E-state index contributed by atoms with van der Waals surface area (Å²) in [4.78, 5) is 10.6. The van der Waals surface area contributed by atoms with Gasteiger partial charge < -0.3 is 5.11 Å². The van der Waals surface area contributed by atoms with Crippen LogP contribution >= 0.6 is 11.6 Å². The van der Waals surface area contributed by atoms with Crippen molar-refractivity contribution in [3.63, 3.8) is 0 Å². The van der Waals surface area contributed by atoms with Crippen LogP contribution in [0.25, 0.3) is 0 Å². The number of carboxylic acids is 1. The molecule has 0 aliphatic carbocycles. The molecule has 0 bridgehead atoms. The molecular formula is C8H8ClNO4S. The molecule has 0 aliphatic rings. The Kier molecular flexibility index (Phi) is 3.21. The van der Waals surface area contributed by atoms with E-state index in [0.717, 1.165) is 6.26 Å². The summed E-state index contributed by atoms with van der Waals surface area (Å²) in [6.07, 6.45) is 0.981. The van der Waals surface area contributed by atoms with Crippen LogP contribution in [-0.4, -0.2) is 25.7 Å². The van der Waals surface area contributed by atoms with E-state index in [9.17, 15) is 13.2 Å². The normalized spacial score (nSPS) is 11.1. The fourth-order valence-electron chi connectivity index (χ4n) is 0.931. The zero-order valence-corrected chi connectivity index (χ0v) is 9.26. The van der Waals surface area contributed by atoms with E-state index in [1.807, 2.05) is 0 Å². The number of carboxylic acid groups (broad SMARTS) is 1. The van der Waals surface area contributed by atoms with Crippen LogP contribution in [0.4, 0.5) is 5.69 Å². The molecule has 0 heterocycles. The number of nitrogens with one attached hydrogen (secondary N) is 1. The number of sulfonamides is 1. The molecule has 1 aromatic carbocycles. The van der Waals surface area contributed by atoms with Crippen LogP contribution in [0.5, 0.6) is 0 Å². The second kappa shape index (κ2) is 4.08. The molecule has 15 heavy (non-hydrogen) atoms. The zero-order valence-electron chi connectivity index (χ0n) is 7.69. The van der Waals surface area contributed by atoms with Crippen molar-refractivity contribution in [1.82, 2.24) is 0 Å². The molecule has 0 saturated carbocycles. The van der Waals surface area contributed by atoms with Gasteiger partial charge >= 0.3 is 5.97 Å². The van der Waals surface area contributed by atoms with Crippen LogP contribution in [0.3, 0.4) is 0 Å². The van der Waals surface area contributed by atoms with E-state index in [-0.39, 0.29) is 16.3 Å². The van der Waals surface area contributed by atoms with Crippen LogP contribution < -0.4 is 4.72 Å². The first kappa shape index (κ1) is 11.8. The Balaban J connectivity index is 3.09. The molecule has 0 radical (unpaired) electrons. The van der Waals surface area contributed by atoms with E-state index < -0.39 is 16.0 Å². The zero-order chi connectivity index (χ0) is 11.6. The SMILES string of the molecule is CS(=O)(=O)Nc1ccc(C(=O)O)cc1Cl. The molecular weight excluding hydrogens is 242 g/mol. The predicted molar refractivity (Wildman–Crippen MR) is 56.9 cm³/mol. The quantitative estimate of drug-likeness (QED) is 0.848. The second-order valence-electron chi connectivity index (χ2n) is 2.87. The minimum absolute atomic E-state index is 0.000879. The van der Waals surface area contributed by atoms with Crippen LogP contribution in [0.1, 0.15) is 10.4 Å². The largest absolute Gasteiger partial charge is 0.478 e. The van der Waals surface area contributed by atoms with Gasteiger partial charge in [-0.15, -0.1) is 0 Å². The van der Waals surface area contributed by atoms with Gasteiger partial charge in [-0.05, 0) is 18.2 Å². The lowest BCUT2D eigenvalue weighted by Crippen LogP contribution is -2.10. The van der Waals surface area contributed by atoms with Crippen molar-refractivity contribution in [2.45, 2.75) is 0 Å².